The molecule has 1 aromatic heterocycles. The van der Waals surface area contributed by atoms with Crippen LogP contribution in [0.4, 0.5) is 11.5 Å². The molecule has 0 bridgehead atoms. The summed E-state index contributed by atoms with van der Waals surface area (Å²) in [6.07, 6.45) is 3.29. The summed E-state index contributed by atoms with van der Waals surface area (Å²) >= 11 is 0. The van der Waals surface area contributed by atoms with E-state index in [1.807, 2.05) is 12.1 Å². The highest BCUT2D eigenvalue weighted by Gasteiger charge is 2.38. The van der Waals surface area contributed by atoms with Gasteiger partial charge in [-0.2, -0.15) is 0 Å². The Morgan fingerprint density at radius 1 is 1.15 bits per heavy atom. The van der Waals surface area contributed by atoms with Crippen molar-refractivity contribution >= 4 is 11.5 Å². The Hall–Kier alpha value is -1.37. The van der Waals surface area contributed by atoms with Crippen molar-refractivity contribution in [1.29, 1.82) is 0 Å². The normalized spacial score (nSPS) is 23.8. The molecule has 0 aliphatic carbocycles. The highest BCUT2D eigenvalue weighted by molar-refractivity contribution is 5.48. The fourth-order valence-corrected chi connectivity index (χ4v) is 3.00. The van der Waals surface area contributed by atoms with Gasteiger partial charge in [0, 0.05) is 39.0 Å². The second-order valence-electron chi connectivity index (χ2n) is 5.51. The summed E-state index contributed by atoms with van der Waals surface area (Å²) in [6, 6.07) is 3.81. The van der Waals surface area contributed by atoms with E-state index in [0.717, 1.165) is 44.7 Å². The monoisotopic (exact) mass is 278 g/mol. The molecule has 3 heterocycles. The van der Waals surface area contributed by atoms with Crippen LogP contribution < -0.4 is 10.6 Å². The van der Waals surface area contributed by atoms with Crippen molar-refractivity contribution < 1.29 is 9.84 Å². The molecule has 0 saturated carbocycles. The third-order valence-corrected chi connectivity index (χ3v) is 4.30. The Balaban J connectivity index is 1.62. The van der Waals surface area contributed by atoms with Crippen LogP contribution in [0, 0.1) is 0 Å². The summed E-state index contributed by atoms with van der Waals surface area (Å²) in [4.78, 5) is 8.54. The lowest BCUT2D eigenvalue weighted by molar-refractivity contribution is -0.152. The van der Waals surface area contributed by atoms with Crippen molar-refractivity contribution in [3.8, 4) is 0 Å². The van der Waals surface area contributed by atoms with Gasteiger partial charge in [0.25, 0.3) is 0 Å². The Morgan fingerprint density at radius 2 is 1.85 bits per heavy atom. The molecule has 3 rings (SSSR count). The number of piperidine rings is 1. The minimum absolute atomic E-state index is 0.538. The summed E-state index contributed by atoms with van der Waals surface area (Å²) in [7, 11) is 0. The van der Waals surface area contributed by atoms with E-state index >= 15 is 0 Å². The van der Waals surface area contributed by atoms with Crippen LogP contribution in [-0.4, -0.2) is 60.1 Å². The van der Waals surface area contributed by atoms with Crippen LogP contribution in [0.25, 0.3) is 0 Å². The van der Waals surface area contributed by atoms with Crippen LogP contribution in [-0.2, 0) is 4.74 Å². The van der Waals surface area contributed by atoms with Gasteiger partial charge in [-0.05, 0) is 12.1 Å². The third-order valence-electron chi connectivity index (χ3n) is 4.30. The van der Waals surface area contributed by atoms with Crippen LogP contribution >= 0.6 is 0 Å². The Kier molecular flexibility index (Phi) is 3.78. The largest absolute Gasteiger partial charge is 0.384 e. The van der Waals surface area contributed by atoms with E-state index in [0.29, 0.717) is 19.0 Å². The molecule has 6 heteroatoms. The van der Waals surface area contributed by atoms with Gasteiger partial charge in [0.15, 0.2) is 0 Å². The predicted molar refractivity (Wildman–Crippen MR) is 77.4 cm³/mol. The molecule has 0 atom stereocenters. The molecule has 0 amide bonds. The average Bonchev–Trinajstić information content (AvgIpc) is 2.50. The lowest BCUT2D eigenvalue weighted by atomic mass is 9.97. The number of morpholine rings is 1. The first-order valence-electron chi connectivity index (χ1n) is 7.19. The topological polar surface area (TPSA) is 74.8 Å². The summed E-state index contributed by atoms with van der Waals surface area (Å²) < 4.78 is 5.35. The van der Waals surface area contributed by atoms with Crippen molar-refractivity contribution in [1.82, 2.24) is 9.88 Å². The number of nitrogens with zero attached hydrogens (tertiary/aromatic N) is 3. The van der Waals surface area contributed by atoms with Crippen LogP contribution in [0.1, 0.15) is 12.8 Å². The van der Waals surface area contributed by atoms with E-state index < -0.39 is 5.72 Å². The lowest BCUT2D eigenvalue weighted by Gasteiger charge is -2.47. The van der Waals surface area contributed by atoms with E-state index in [9.17, 15) is 5.11 Å². The quantitative estimate of drug-likeness (QED) is 0.809. The summed E-state index contributed by atoms with van der Waals surface area (Å²) in [5.41, 5.74) is 6.00. The van der Waals surface area contributed by atoms with Crippen LogP contribution in [0.3, 0.4) is 0 Å². The van der Waals surface area contributed by atoms with Crippen molar-refractivity contribution in [2.45, 2.75) is 18.6 Å². The summed E-state index contributed by atoms with van der Waals surface area (Å²) in [5.74, 6) is 0.538. The van der Waals surface area contributed by atoms with Crippen molar-refractivity contribution in [3.63, 3.8) is 0 Å². The zero-order chi connectivity index (χ0) is 14.0. The molecular formula is C14H22N4O2. The molecule has 110 valence electrons. The predicted octanol–water partition coefficient (Wildman–Crippen LogP) is 0.285. The number of hydrogen-bond donors (Lipinski definition) is 2. The molecule has 2 fully saturated rings. The van der Waals surface area contributed by atoms with Crippen LogP contribution in [0.2, 0.25) is 0 Å². The minimum atomic E-state index is -0.679. The molecular weight excluding hydrogens is 256 g/mol. The molecule has 6 nitrogen and oxygen atoms in total. The molecule has 0 spiro atoms. The zero-order valence-electron chi connectivity index (χ0n) is 11.7. The van der Waals surface area contributed by atoms with Gasteiger partial charge in [-0.3, -0.25) is 4.90 Å². The number of nitrogens with two attached hydrogens (primary N) is 1. The third kappa shape index (κ3) is 2.72. The minimum Gasteiger partial charge on any atom is -0.384 e. The number of anilines is 2. The lowest BCUT2D eigenvalue weighted by Crippen LogP contribution is -2.58. The Labute approximate surface area is 119 Å². The number of nitrogen functional groups attached to an aromatic ring is 1. The number of pyridine rings is 1. The molecule has 2 aliphatic rings. The van der Waals surface area contributed by atoms with Gasteiger partial charge in [-0.1, -0.05) is 0 Å². The highest BCUT2D eigenvalue weighted by atomic mass is 16.5. The van der Waals surface area contributed by atoms with E-state index in [1.54, 1.807) is 6.20 Å². The number of aliphatic hydroxyl groups is 1. The van der Waals surface area contributed by atoms with Gasteiger partial charge in [0.1, 0.15) is 11.5 Å². The van der Waals surface area contributed by atoms with E-state index in [-0.39, 0.29) is 0 Å². The van der Waals surface area contributed by atoms with Gasteiger partial charge in [0.05, 0.1) is 25.1 Å². The molecule has 0 radical (unpaired) electrons. The summed E-state index contributed by atoms with van der Waals surface area (Å²) in [6.45, 7) is 4.74. The second-order valence-corrected chi connectivity index (χ2v) is 5.51. The highest BCUT2D eigenvalue weighted by Crippen LogP contribution is 2.29. The average molecular weight is 278 g/mol. The molecule has 20 heavy (non-hydrogen) atoms. The van der Waals surface area contributed by atoms with E-state index in [2.05, 4.69) is 14.8 Å². The first-order valence-corrected chi connectivity index (χ1v) is 7.19. The van der Waals surface area contributed by atoms with E-state index in [4.69, 9.17) is 10.5 Å². The van der Waals surface area contributed by atoms with Crippen LogP contribution in [0.5, 0.6) is 0 Å². The number of aromatic nitrogens is 1. The Bertz CT molecular complexity index is 437. The second kappa shape index (κ2) is 5.55. The molecule has 1 aromatic rings. The fraction of sp³-hybridized carbons (Fsp3) is 0.643. The molecule has 2 saturated heterocycles. The maximum atomic E-state index is 10.8. The molecule has 0 aromatic carbocycles. The SMILES string of the molecule is Nc1ccc(N2CCC(O)(N3CCOCC3)CC2)cn1. The summed E-state index contributed by atoms with van der Waals surface area (Å²) in [5, 5.41) is 10.8. The van der Waals surface area contributed by atoms with Crippen LogP contribution in [0.15, 0.2) is 18.3 Å². The van der Waals surface area contributed by atoms with E-state index in [1.165, 1.54) is 0 Å². The first-order chi connectivity index (χ1) is 9.67. The van der Waals surface area contributed by atoms with Gasteiger partial charge in [-0.15, -0.1) is 0 Å². The molecule has 3 N–H and O–H groups in total. The van der Waals surface area contributed by atoms with Crippen molar-refractivity contribution in [2.75, 3.05) is 50.0 Å². The number of hydrogen-bond acceptors (Lipinski definition) is 6. The smallest absolute Gasteiger partial charge is 0.123 e. The fourth-order valence-electron chi connectivity index (χ4n) is 3.00. The zero-order valence-corrected chi connectivity index (χ0v) is 11.7. The van der Waals surface area contributed by atoms with Gasteiger partial charge in [0.2, 0.25) is 0 Å². The van der Waals surface area contributed by atoms with Gasteiger partial charge in [-0.25, -0.2) is 4.98 Å². The van der Waals surface area contributed by atoms with Gasteiger partial charge < -0.3 is 20.5 Å². The first kappa shape index (κ1) is 13.6. The Morgan fingerprint density at radius 3 is 2.45 bits per heavy atom. The van der Waals surface area contributed by atoms with Gasteiger partial charge >= 0.3 is 0 Å². The maximum Gasteiger partial charge on any atom is 0.123 e. The van der Waals surface area contributed by atoms with Crippen molar-refractivity contribution in [2.24, 2.45) is 0 Å². The molecule has 0 unspecified atom stereocenters. The number of ether oxygens (including phenoxy) is 1. The number of rotatable bonds is 2. The van der Waals surface area contributed by atoms with Crippen molar-refractivity contribution in [3.05, 3.63) is 18.3 Å². The standard InChI is InChI=1S/C14H22N4O2/c15-13-2-1-12(11-16-13)17-5-3-14(19,4-6-17)18-7-9-20-10-8-18/h1-2,11,19H,3-10H2,(H2,15,16). The maximum absolute atomic E-state index is 10.8. The molecule has 2 aliphatic heterocycles.